The molecule has 0 aliphatic carbocycles. The highest BCUT2D eigenvalue weighted by Crippen LogP contribution is 2.31. The molecule has 1 aromatic carbocycles. The zero-order valence-corrected chi connectivity index (χ0v) is 14.2. The number of rotatable bonds is 3. The van der Waals surface area contributed by atoms with Gasteiger partial charge in [-0.15, -0.1) is 0 Å². The first-order chi connectivity index (χ1) is 12.6. The van der Waals surface area contributed by atoms with Crippen LogP contribution >= 0.6 is 0 Å². The number of imide groups is 1. The molecule has 1 aliphatic heterocycles. The molecule has 4 rings (SSSR count). The number of carbonyl (C=O) groups excluding carboxylic acids is 2. The number of aromatic nitrogens is 3. The van der Waals surface area contributed by atoms with Crippen molar-refractivity contribution in [3.05, 3.63) is 83.4 Å². The molecule has 0 saturated carbocycles. The Labute approximate surface area is 150 Å². The molecule has 0 atom stereocenters. The predicted octanol–water partition coefficient (Wildman–Crippen LogP) is 2.54. The van der Waals surface area contributed by atoms with Crippen LogP contribution in [-0.4, -0.2) is 31.5 Å². The molecule has 0 saturated heterocycles. The molecule has 2 aromatic heterocycles. The molecule has 0 fully saturated rings. The van der Waals surface area contributed by atoms with E-state index >= 15 is 0 Å². The minimum atomic E-state index is -0.330. The lowest BCUT2D eigenvalue weighted by atomic mass is 9.92. The standard InChI is InChI=1S/C20H16N4O2/c1-23-12-14(11-22-23)10-18-16-7-2-3-8-17(16)19(25)24(20(18)26)13-15-6-4-5-9-21-15/h2-12H,13H2,1H3/b18-10+. The van der Waals surface area contributed by atoms with Crippen LogP contribution in [0, 0.1) is 0 Å². The maximum absolute atomic E-state index is 13.1. The number of carbonyl (C=O) groups is 2. The molecular formula is C20H16N4O2. The summed E-state index contributed by atoms with van der Waals surface area (Å²) in [6.45, 7) is 0.136. The number of hydrogen-bond donors (Lipinski definition) is 0. The smallest absolute Gasteiger partial charge is 0.261 e. The van der Waals surface area contributed by atoms with Gasteiger partial charge in [-0.25, -0.2) is 0 Å². The van der Waals surface area contributed by atoms with Crippen molar-refractivity contribution in [2.45, 2.75) is 6.54 Å². The number of pyridine rings is 1. The van der Waals surface area contributed by atoms with Crippen LogP contribution in [0.1, 0.15) is 27.2 Å². The summed E-state index contributed by atoms with van der Waals surface area (Å²) in [6, 6.07) is 12.6. The van der Waals surface area contributed by atoms with Gasteiger partial charge in [0.05, 0.1) is 18.4 Å². The molecule has 1 aliphatic rings. The van der Waals surface area contributed by atoms with E-state index in [1.165, 1.54) is 4.90 Å². The fourth-order valence-electron chi connectivity index (χ4n) is 3.02. The first-order valence-electron chi connectivity index (χ1n) is 8.19. The Bertz CT molecular complexity index is 1020. The van der Waals surface area contributed by atoms with Crippen molar-refractivity contribution >= 4 is 23.5 Å². The molecule has 26 heavy (non-hydrogen) atoms. The molecule has 6 heteroatoms. The monoisotopic (exact) mass is 344 g/mol. The van der Waals surface area contributed by atoms with Crippen molar-refractivity contribution in [3.8, 4) is 0 Å². The van der Waals surface area contributed by atoms with E-state index < -0.39 is 0 Å². The van der Waals surface area contributed by atoms with Gasteiger partial charge in [0.25, 0.3) is 11.8 Å². The molecule has 0 N–H and O–H groups in total. The van der Waals surface area contributed by atoms with Crippen molar-refractivity contribution in [1.29, 1.82) is 0 Å². The number of hydrogen-bond acceptors (Lipinski definition) is 4. The van der Waals surface area contributed by atoms with E-state index in [0.29, 0.717) is 22.4 Å². The second kappa shape index (κ2) is 6.40. The van der Waals surface area contributed by atoms with Crippen molar-refractivity contribution in [2.75, 3.05) is 0 Å². The highest BCUT2D eigenvalue weighted by atomic mass is 16.2. The number of nitrogens with zero attached hydrogens (tertiary/aromatic N) is 4. The summed E-state index contributed by atoms with van der Waals surface area (Å²) in [7, 11) is 1.82. The average Bonchev–Trinajstić information content (AvgIpc) is 3.08. The molecular weight excluding hydrogens is 328 g/mol. The van der Waals surface area contributed by atoms with Crippen molar-refractivity contribution in [2.24, 2.45) is 7.05 Å². The molecule has 0 unspecified atom stereocenters. The fraction of sp³-hybridized carbons (Fsp3) is 0.100. The molecule has 0 bridgehead atoms. The van der Waals surface area contributed by atoms with Crippen LogP contribution < -0.4 is 0 Å². The largest absolute Gasteiger partial charge is 0.275 e. The summed E-state index contributed by atoms with van der Waals surface area (Å²) >= 11 is 0. The lowest BCUT2D eigenvalue weighted by Gasteiger charge is -2.28. The van der Waals surface area contributed by atoms with E-state index in [9.17, 15) is 9.59 Å². The van der Waals surface area contributed by atoms with Gasteiger partial charge in [-0.1, -0.05) is 24.3 Å². The summed E-state index contributed by atoms with van der Waals surface area (Å²) in [5, 5.41) is 4.14. The van der Waals surface area contributed by atoms with E-state index in [2.05, 4.69) is 10.1 Å². The Balaban J connectivity index is 1.80. The maximum atomic E-state index is 13.1. The normalized spacial score (nSPS) is 15.4. The molecule has 6 nitrogen and oxygen atoms in total. The third-order valence-electron chi connectivity index (χ3n) is 4.25. The van der Waals surface area contributed by atoms with Gasteiger partial charge in [0.2, 0.25) is 0 Å². The van der Waals surface area contributed by atoms with Crippen molar-refractivity contribution < 1.29 is 9.59 Å². The van der Waals surface area contributed by atoms with E-state index in [1.54, 1.807) is 53.5 Å². The SMILES string of the molecule is Cn1cc(/C=C2/C(=O)N(Cc3ccccn3)C(=O)c3ccccc32)cn1. The number of aryl methyl sites for hydroxylation is 1. The summed E-state index contributed by atoms with van der Waals surface area (Å²) in [5.74, 6) is -0.636. The van der Waals surface area contributed by atoms with Crippen LogP contribution in [-0.2, 0) is 18.4 Å². The number of benzene rings is 1. The van der Waals surface area contributed by atoms with Crippen LogP contribution in [0.4, 0.5) is 0 Å². The highest BCUT2D eigenvalue weighted by molar-refractivity contribution is 6.33. The summed E-state index contributed by atoms with van der Waals surface area (Å²) < 4.78 is 1.67. The first kappa shape index (κ1) is 16.0. The first-order valence-corrected chi connectivity index (χ1v) is 8.19. The molecule has 3 heterocycles. The highest BCUT2D eigenvalue weighted by Gasteiger charge is 2.34. The zero-order valence-electron chi connectivity index (χ0n) is 14.2. The molecule has 0 spiro atoms. The number of fused-ring (bicyclic) bond motifs is 1. The van der Waals surface area contributed by atoms with Crippen LogP contribution in [0.15, 0.2) is 61.1 Å². The van der Waals surface area contributed by atoms with E-state index in [-0.39, 0.29) is 18.4 Å². The molecule has 0 radical (unpaired) electrons. The van der Waals surface area contributed by atoms with Gasteiger partial charge >= 0.3 is 0 Å². The van der Waals surface area contributed by atoms with Crippen molar-refractivity contribution in [3.63, 3.8) is 0 Å². The van der Waals surface area contributed by atoms with Gasteiger partial charge in [0, 0.05) is 36.1 Å². The average molecular weight is 344 g/mol. The topological polar surface area (TPSA) is 68.1 Å². The molecule has 128 valence electrons. The van der Waals surface area contributed by atoms with Crippen LogP contribution in [0.2, 0.25) is 0 Å². The maximum Gasteiger partial charge on any atom is 0.261 e. The summed E-state index contributed by atoms with van der Waals surface area (Å²) in [4.78, 5) is 31.4. The number of amides is 2. The minimum Gasteiger partial charge on any atom is -0.275 e. The zero-order chi connectivity index (χ0) is 18.1. The van der Waals surface area contributed by atoms with Gasteiger partial charge in [-0.3, -0.25) is 24.2 Å². The quantitative estimate of drug-likeness (QED) is 0.541. The Morgan fingerprint density at radius 2 is 1.77 bits per heavy atom. The predicted molar refractivity (Wildman–Crippen MR) is 96.6 cm³/mol. The second-order valence-electron chi connectivity index (χ2n) is 6.07. The molecule has 3 aromatic rings. The van der Waals surface area contributed by atoms with E-state index in [4.69, 9.17) is 0 Å². The van der Waals surface area contributed by atoms with Gasteiger partial charge < -0.3 is 0 Å². The van der Waals surface area contributed by atoms with Gasteiger partial charge in [-0.05, 0) is 29.8 Å². The lowest BCUT2D eigenvalue weighted by molar-refractivity contribution is -0.123. The third kappa shape index (κ3) is 2.82. The Morgan fingerprint density at radius 1 is 1.00 bits per heavy atom. The van der Waals surface area contributed by atoms with Gasteiger partial charge in [0.1, 0.15) is 0 Å². The van der Waals surface area contributed by atoms with Crippen molar-refractivity contribution in [1.82, 2.24) is 19.7 Å². The third-order valence-corrected chi connectivity index (χ3v) is 4.25. The fourth-order valence-corrected chi connectivity index (χ4v) is 3.02. The summed E-state index contributed by atoms with van der Waals surface area (Å²) in [5.41, 5.74) is 3.10. The second-order valence-corrected chi connectivity index (χ2v) is 6.07. The summed E-state index contributed by atoms with van der Waals surface area (Å²) in [6.07, 6.45) is 6.92. The molecule has 2 amide bonds. The minimum absolute atomic E-state index is 0.136. The van der Waals surface area contributed by atoms with Crippen LogP contribution in [0.5, 0.6) is 0 Å². The van der Waals surface area contributed by atoms with Gasteiger partial charge in [0.15, 0.2) is 0 Å². The Morgan fingerprint density at radius 3 is 2.46 bits per heavy atom. The Hall–Kier alpha value is -3.54. The van der Waals surface area contributed by atoms with Crippen LogP contribution in [0.3, 0.4) is 0 Å². The van der Waals surface area contributed by atoms with E-state index in [0.717, 1.165) is 5.56 Å². The van der Waals surface area contributed by atoms with Gasteiger partial charge in [-0.2, -0.15) is 5.10 Å². The van der Waals surface area contributed by atoms with E-state index in [1.807, 2.05) is 25.4 Å². The Kier molecular flexibility index (Phi) is 3.93. The van der Waals surface area contributed by atoms with Crippen LogP contribution in [0.25, 0.3) is 11.6 Å². The lowest BCUT2D eigenvalue weighted by Crippen LogP contribution is -2.41.